The monoisotopic (exact) mass is 403 g/mol. The Morgan fingerprint density at radius 1 is 1.62 bits per heavy atom. The number of allylic oxidation sites excluding steroid dienone is 3. The van der Waals surface area contributed by atoms with Gasteiger partial charge in [0.05, 0.1) is 7.11 Å². The molecule has 0 radical (unpaired) electrons. The molecule has 1 aliphatic rings. The van der Waals surface area contributed by atoms with E-state index in [0.717, 1.165) is 7.16 Å². The number of hydrogen-bond donors (Lipinski definition) is 1. The van der Waals surface area contributed by atoms with Crippen molar-refractivity contribution in [2.24, 2.45) is 0 Å². The topological polar surface area (TPSA) is 57.6 Å². The summed E-state index contributed by atoms with van der Waals surface area (Å²) in [5, 5.41) is 18.0. The van der Waals surface area contributed by atoms with Crippen LogP contribution in [-0.4, -0.2) is 12.2 Å². The fourth-order valence-corrected chi connectivity index (χ4v) is 1.98. The first-order valence-electron chi connectivity index (χ1n) is 3.21. The summed E-state index contributed by atoms with van der Waals surface area (Å²) < 4.78 is 6.34. The van der Waals surface area contributed by atoms with E-state index in [9.17, 15) is 5.11 Å². The number of aliphatic hydroxyl groups is 1. The molecule has 0 spiro atoms. The zero-order chi connectivity index (χ0) is 10.0. The summed E-state index contributed by atoms with van der Waals surface area (Å²) in [5.41, 5.74) is 0.739. The number of methoxy groups -OCH3 is 1. The second kappa shape index (κ2) is 4.28. The van der Waals surface area contributed by atoms with Gasteiger partial charge in [-0.05, 0) is 51.3 Å². The van der Waals surface area contributed by atoms with Crippen LogP contribution >= 0.6 is 45.2 Å². The van der Waals surface area contributed by atoms with E-state index in [1.165, 1.54) is 7.11 Å². The highest BCUT2D eigenvalue weighted by atomic mass is 127. The Labute approximate surface area is 102 Å². The third-order valence-electron chi connectivity index (χ3n) is 1.47. The van der Waals surface area contributed by atoms with E-state index in [1.807, 2.05) is 22.6 Å². The van der Waals surface area contributed by atoms with Crippen molar-refractivity contribution in [3.63, 3.8) is 0 Å². The molecule has 68 valence electrons. The van der Waals surface area contributed by atoms with E-state index >= 15 is 0 Å². The fraction of sp³-hybridized carbons (Fsp3) is 0.143. The van der Waals surface area contributed by atoms with Gasteiger partial charge in [0, 0.05) is 3.58 Å². The first-order chi connectivity index (χ1) is 6.11. The van der Waals surface area contributed by atoms with Crippen molar-refractivity contribution in [1.82, 2.24) is 0 Å². The van der Waals surface area contributed by atoms with Gasteiger partial charge in [-0.25, -0.2) is 0 Å². The molecule has 6 heteroatoms. The Morgan fingerprint density at radius 2 is 2.23 bits per heavy atom. The van der Waals surface area contributed by atoms with Crippen LogP contribution in [0.4, 0.5) is 0 Å². The minimum Gasteiger partial charge on any atom is -0.480 e. The highest BCUT2D eigenvalue weighted by molar-refractivity contribution is 14.1. The van der Waals surface area contributed by atoms with E-state index in [2.05, 4.69) is 32.3 Å². The molecule has 0 amide bonds. The molecule has 0 aliphatic heterocycles. The van der Waals surface area contributed by atoms with E-state index in [0.29, 0.717) is 11.3 Å². The van der Waals surface area contributed by atoms with Crippen molar-refractivity contribution in [2.75, 3.05) is 7.11 Å². The number of nitrogens with zero attached hydrogens (tertiary/aromatic N) is 2. The number of diazo groups is 1. The molecule has 0 fully saturated rings. The zero-order valence-electron chi connectivity index (χ0n) is 6.58. The van der Waals surface area contributed by atoms with Gasteiger partial charge in [0.25, 0.3) is 5.95 Å². The Balaban J connectivity index is 3.29. The highest BCUT2D eigenvalue weighted by Gasteiger charge is 2.33. The van der Waals surface area contributed by atoms with Crippen molar-refractivity contribution in [2.45, 2.75) is 0 Å². The van der Waals surface area contributed by atoms with Crippen LogP contribution in [0.1, 0.15) is 0 Å². The third-order valence-corrected chi connectivity index (χ3v) is 4.44. The SMILES string of the molecule is CO/C(O)=C1/C=C(I)C(I)=C1[N+]#N. The molecule has 1 rings (SSSR count). The molecule has 4 nitrogen and oxygen atoms in total. The van der Waals surface area contributed by atoms with Gasteiger partial charge in [-0.1, -0.05) is 0 Å². The lowest BCUT2D eigenvalue weighted by molar-refractivity contribution is 0.133. The Morgan fingerprint density at radius 3 is 2.69 bits per heavy atom. The summed E-state index contributed by atoms with van der Waals surface area (Å²) in [4.78, 5) is 3.09. The Hall–Kier alpha value is -0.300. The standard InChI is InChI=1S/C7H4I2N2O2/c1-13-7(12)3-2-4(8)5(9)6(3)11-10/h2H,1H3/p+1/b7-3-. The van der Waals surface area contributed by atoms with Crippen molar-refractivity contribution in [1.29, 1.82) is 5.39 Å². The summed E-state index contributed by atoms with van der Waals surface area (Å²) in [7, 11) is 1.35. The molecular formula is C7H5I2N2O2+. The molecule has 0 saturated carbocycles. The largest absolute Gasteiger partial charge is 0.480 e. The zero-order valence-corrected chi connectivity index (χ0v) is 10.9. The van der Waals surface area contributed by atoms with Gasteiger partial charge in [0.1, 0.15) is 3.58 Å². The maximum atomic E-state index is 9.30. The highest BCUT2D eigenvalue weighted by Crippen LogP contribution is 2.40. The van der Waals surface area contributed by atoms with Gasteiger partial charge in [0.15, 0.2) is 10.5 Å². The van der Waals surface area contributed by atoms with Crippen LogP contribution in [0.25, 0.3) is 4.98 Å². The number of aliphatic hydroxyl groups excluding tert-OH is 1. The van der Waals surface area contributed by atoms with E-state index in [1.54, 1.807) is 6.08 Å². The Kier molecular flexibility index (Phi) is 3.55. The van der Waals surface area contributed by atoms with Crippen LogP contribution < -0.4 is 0 Å². The minimum atomic E-state index is -0.242. The lowest BCUT2D eigenvalue weighted by Crippen LogP contribution is -1.90. The summed E-state index contributed by atoms with van der Waals surface area (Å²) in [6.07, 6.45) is 1.69. The molecule has 0 saturated heterocycles. The number of rotatable bonds is 1. The molecular weight excluding hydrogens is 398 g/mol. The minimum absolute atomic E-state index is 0.242. The first-order valence-corrected chi connectivity index (χ1v) is 5.37. The smallest absolute Gasteiger partial charge is 0.413 e. The molecule has 0 unspecified atom stereocenters. The lowest BCUT2D eigenvalue weighted by atomic mass is 10.3. The molecule has 0 bridgehead atoms. The first kappa shape index (κ1) is 10.8. The third kappa shape index (κ3) is 1.96. The molecule has 13 heavy (non-hydrogen) atoms. The summed E-state index contributed by atoms with van der Waals surface area (Å²) in [6.45, 7) is 0. The summed E-state index contributed by atoms with van der Waals surface area (Å²) >= 11 is 4.12. The average molecular weight is 403 g/mol. The van der Waals surface area contributed by atoms with Gasteiger partial charge in [-0.3, -0.25) is 0 Å². The van der Waals surface area contributed by atoms with E-state index in [4.69, 9.17) is 5.39 Å². The van der Waals surface area contributed by atoms with Gasteiger partial charge < -0.3 is 9.84 Å². The normalized spacial score (nSPS) is 19.7. The van der Waals surface area contributed by atoms with Crippen LogP contribution in [0, 0.1) is 5.39 Å². The van der Waals surface area contributed by atoms with Crippen LogP contribution in [-0.2, 0) is 4.74 Å². The van der Waals surface area contributed by atoms with Crippen LogP contribution in [0.5, 0.6) is 0 Å². The second-order valence-electron chi connectivity index (χ2n) is 2.18. The molecule has 0 aromatic carbocycles. The maximum absolute atomic E-state index is 9.30. The van der Waals surface area contributed by atoms with Crippen molar-refractivity contribution >= 4 is 45.2 Å². The van der Waals surface area contributed by atoms with E-state index < -0.39 is 0 Å². The molecule has 0 atom stereocenters. The molecule has 0 heterocycles. The summed E-state index contributed by atoms with van der Waals surface area (Å²) in [5.74, 6) is -0.242. The van der Waals surface area contributed by atoms with Crippen molar-refractivity contribution < 1.29 is 9.84 Å². The predicted molar refractivity (Wildman–Crippen MR) is 64.9 cm³/mol. The molecule has 0 aromatic rings. The second-order valence-corrected chi connectivity index (χ2v) is 4.42. The van der Waals surface area contributed by atoms with Crippen molar-refractivity contribution in [3.8, 4) is 0 Å². The molecule has 1 aliphatic carbocycles. The predicted octanol–water partition coefficient (Wildman–Crippen LogP) is 3.23. The lowest BCUT2D eigenvalue weighted by Gasteiger charge is -1.95. The van der Waals surface area contributed by atoms with Gasteiger partial charge in [-0.2, -0.15) is 0 Å². The van der Waals surface area contributed by atoms with Crippen LogP contribution in [0.3, 0.4) is 0 Å². The average Bonchev–Trinajstić information content (AvgIpc) is 2.42. The van der Waals surface area contributed by atoms with Gasteiger partial charge >= 0.3 is 5.70 Å². The van der Waals surface area contributed by atoms with Gasteiger partial charge in [-0.15, -0.1) is 0 Å². The maximum Gasteiger partial charge on any atom is 0.413 e. The number of hydrogen-bond acceptors (Lipinski definition) is 3. The molecule has 1 N–H and O–H groups in total. The van der Waals surface area contributed by atoms with Gasteiger partial charge in [0.2, 0.25) is 5.39 Å². The number of halogens is 2. The van der Waals surface area contributed by atoms with Crippen LogP contribution in [0.15, 0.2) is 30.5 Å². The van der Waals surface area contributed by atoms with Crippen LogP contribution in [0.2, 0.25) is 0 Å². The quantitative estimate of drug-likeness (QED) is 0.416. The van der Waals surface area contributed by atoms with Crippen molar-refractivity contribution in [3.05, 3.63) is 35.4 Å². The molecule has 0 aromatic heterocycles. The number of ether oxygens (including phenoxy) is 1. The fourth-order valence-electron chi connectivity index (χ4n) is 0.861. The Bertz CT molecular complexity index is 376. The summed E-state index contributed by atoms with van der Waals surface area (Å²) in [6, 6.07) is 0. The van der Waals surface area contributed by atoms with E-state index in [-0.39, 0.29) is 5.95 Å².